The maximum Gasteiger partial charge on any atom is 0.401 e. The normalized spacial score (nSPS) is 26.5. The molecule has 0 radical (unpaired) electrons. The summed E-state index contributed by atoms with van der Waals surface area (Å²) in [6, 6.07) is 5.82. The fourth-order valence-electron chi connectivity index (χ4n) is 5.88. The average molecular weight is 465 g/mol. The number of nitrogens with one attached hydrogen (secondary N) is 2. The molecule has 2 aromatic rings. The van der Waals surface area contributed by atoms with Gasteiger partial charge < -0.3 is 19.9 Å². The van der Waals surface area contributed by atoms with Gasteiger partial charge in [0.05, 0.1) is 24.8 Å². The Morgan fingerprint density at radius 1 is 1.18 bits per heavy atom. The van der Waals surface area contributed by atoms with Crippen LogP contribution >= 0.6 is 0 Å². The molecule has 9 heteroatoms. The third-order valence-electron chi connectivity index (χ3n) is 7.47. The highest BCUT2D eigenvalue weighted by atomic mass is 19.4. The van der Waals surface area contributed by atoms with E-state index in [1.54, 1.807) is 4.90 Å². The SMILES string of the molecule is CN1CC(C(=O)Nc2c[nH]c3ccc(OCCC4C[C@@H]5CN(CC(F)(F)F)C[C@@H]5C4)cc23)C1. The predicted molar refractivity (Wildman–Crippen MR) is 120 cm³/mol. The lowest BCUT2D eigenvalue weighted by molar-refractivity contribution is -0.144. The molecule has 1 unspecified atom stereocenters. The van der Waals surface area contributed by atoms with Crippen LogP contribution < -0.4 is 10.1 Å². The standard InChI is InChI=1S/C24H31F3N4O2/c1-30-10-18(11-30)23(32)29-22-9-28-21-3-2-19(8-20(21)22)33-5-4-15-6-16-12-31(13-17(16)7-15)14-24(25,26)27/h2-3,8-9,15-18,28H,4-7,10-14H2,1H3,(H,29,32)/t15?,16-,17+. The molecule has 6 nitrogen and oxygen atoms in total. The summed E-state index contributed by atoms with van der Waals surface area (Å²) in [5.74, 6) is 2.12. The second-order valence-corrected chi connectivity index (χ2v) is 10.1. The molecular weight excluding hydrogens is 433 g/mol. The Bertz CT molecular complexity index is 987. The van der Waals surface area contributed by atoms with E-state index in [9.17, 15) is 18.0 Å². The number of nitrogens with zero attached hydrogens (tertiary/aromatic N) is 2. The Labute approximate surface area is 191 Å². The Hall–Kier alpha value is -2.26. The van der Waals surface area contributed by atoms with E-state index in [1.807, 2.05) is 31.4 Å². The smallest absolute Gasteiger partial charge is 0.401 e. The Morgan fingerprint density at radius 3 is 2.58 bits per heavy atom. The minimum absolute atomic E-state index is 0.0332. The van der Waals surface area contributed by atoms with Crippen LogP contribution in [0, 0.1) is 23.7 Å². The molecule has 2 aliphatic heterocycles. The largest absolute Gasteiger partial charge is 0.494 e. The van der Waals surface area contributed by atoms with Gasteiger partial charge in [0.2, 0.25) is 5.91 Å². The summed E-state index contributed by atoms with van der Waals surface area (Å²) in [5.41, 5.74) is 1.71. The quantitative estimate of drug-likeness (QED) is 0.651. The van der Waals surface area contributed by atoms with Crippen LogP contribution in [-0.4, -0.2) is 73.2 Å². The highest BCUT2D eigenvalue weighted by Crippen LogP contribution is 2.43. The van der Waals surface area contributed by atoms with Gasteiger partial charge in [-0.25, -0.2) is 0 Å². The summed E-state index contributed by atoms with van der Waals surface area (Å²) < 4.78 is 43.9. The zero-order valence-corrected chi connectivity index (χ0v) is 18.8. The van der Waals surface area contributed by atoms with Gasteiger partial charge in [0.25, 0.3) is 0 Å². The predicted octanol–water partition coefficient (Wildman–Crippen LogP) is 3.96. The number of hydrogen-bond acceptors (Lipinski definition) is 4. The molecule has 5 rings (SSSR count). The maximum absolute atomic E-state index is 12.6. The van der Waals surface area contributed by atoms with Crippen molar-refractivity contribution in [2.45, 2.75) is 25.4 Å². The third-order valence-corrected chi connectivity index (χ3v) is 7.47. The van der Waals surface area contributed by atoms with Gasteiger partial charge in [-0.15, -0.1) is 0 Å². The molecule has 3 heterocycles. The van der Waals surface area contributed by atoms with Gasteiger partial charge in [-0.1, -0.05) is 0 Å². The third kappa shape index (κ3) is 5.14. The second-order valence-electron chi connectivity index (χ2n) is 10.1. The first kappa shape index (κ1) is 22.5. The molecule has 3 fully saturated rings. The number of ether oxygens (including phenoxy) is 1. The van der Waals surface area contributed by atoms with Crippen molar-refractivity contribution in [2.24, 2.45) is 23.7 Å². The number of aromatic amines is 1. The van der Waals surface area contributed by atoms with Gasteiger partial charge in [-0.3, -0.25) is 9.69 Å². The number of H-pyrrole nitrogens is 1. The van der Waals surface area contributed by atoms with E-state index < -0.39 is 12.7 Å². The average Bonchev–Trinajstić information content (AvgIpc) is 3.37. The first-order valence-corrected chi connectivity index (χ1v) is 11.8. The summed E-state index contributed by atoms with van der Waals surface area (Å²) in [6.45, 7) is 2.50. The maximum atomic E-state index is 12.6. The second kappa shape index (κ2) is 8.83. The van der Waals surface area contributed by atoms with Gasteiger partial charge in [-0.2, -0.15) is 13.2 Å². The van der Waals surface area contributed by atoms with Gasteiger partial charge >= 0.3 is 6.18 Å². The molecule has 180 valence electrons. The Morgan fingerprint density at radius 2 is 1.91 bits per heavy atom. The number of aromatic nitrogens is 1. The van der Waals surface area contributed by atoms with Crippen molar-refractivity contribution in [3.05, 3.63) is 24.4 Å². The van der Waals surface area contributed by atoms with Crippen LogP contribution in [0.25, 0.3) is 10.9 Å². The monoisotopic (exact) mass is 464 g/mol. The summed E-state index contributed by atoms with van der Waals surface area (Å²) in [7, 11) is 2.00. The van der Waals surface area contributed by atoms with E-state index >= 15 is 0 Å². The fourth-order valence-corrected chi connectivity index (χ4v) is 5.88. The van der Waals surface area contributed by atoms with Crippen molar-refractivity contribution in [1.82, 2.24) is 14.8 Å². The molecule has 0 bridgehead atoms. The lowest BCUT2D eigenvalue weighted by atomic mass is 10.0. The molecule has 3 atom stereocenters. The summed E-state index contributed by atoms with van der Waals surface area (Å²) in [5, 5.41) is 3.95. The molecular formula is C24H31F3N4O2. The molecule has 1 saturated carbocycles. The molecule has 2 saturated heterocycles. The minimum Gasteiger partial charge on any atom is -0.494 e. The number of fused-ring (bicyclic) bond motifs is 2. The number of halogens is 3. The fraction of sp³-hybridized carbons (Fsp3) is 0.625. The van der Waals surface area contributed by atoms with Crippen molar-refractivity contribution in [1.29, 1.82) is 0 Å². The number of carbonyl (C=O) groups is 1. The molecule has 0 spiro atoms. The number of anilines is 1. The van der Waals surface area contributed by atoms with Crippen LogP contribution in [0.5, 0.6) is 5.75 Å². The Kier molecular flexibility index (Phi) is 6.03. The summed E-state index contributed by atoms with van der Waals surface area (Å²) in [4.78, 5) is 19.3. The lowest BCUT2D eigenvalue weighted by Gasteiger charge is -2.34. The van der Waals surface area contributed by atoms with Crippen molar-refractivity contribution in [3.63, 3.8) is 0 Å². The van der Waals surface area contributed by atoms with Crippen molar-refractivity contribution < 1.29 is 22.7 Å². The van der Waals surface area contributed by atoms with E-state index in [4.69, 9.17) is 4.74 Å². The van der Waals surface area contributed by atoms with Crippen LogP contribution in [0.15, 0.2) is 24.4 Å². The topological polar surface area (TPSA) is 60.6 Å². The first-order valence-electron chi connectivity index (χ1n) is 11.8. The van der Waals surface area contributed by atoms with Crippen molar-refractivity contribution >= 4 is 22.5 Å². The zero-order chi connectivity index (χ0) is 23.2. The lowest BCUT2D eigenvalue weighted by Crippen LogP contribution is -2.49. The van der Waals surface area contributed by atoms with Crippen LogP contribution in [-0.2, 0) is 4.79 Å². The van der Waals surface area contributed by atoms with Gasteiger partial charge in [-0.05, 0) is 62.3 Å². The van der Waals surface area contributed by atoms with Crippen LogP contribution in [0.2, 0.25) is 0 Å². The van der Waals surface area contributed by atoms with Crippen LogP contribution in [0.4, 0.5) is 18.9 Å². The number of carbonyl (C=O) groups excluding carboxylic acids is 1. The van der Waals surface area contributed by atoms with Crippen molar-refractivity contribution in [2.75, 3.05) is 51.7 Å². The molecule has 33 heavy (non-hydrogen) atoms. The zero-order valence-electron chi connectivity index (χ0n) is 18.8. The number of alkyl halides is 3. The molecule has 1 aromatic heterocycles. The summed E-state index contributed by atoms with van der Waals surface area (Å²) in [6.07, 6.45) is 0.602. The molecule has 3 aliphatic rings. The van der Waals surface area contributed by atoms with Gasteiger partial charge in [0.15, 0.2) is 0 Å². The summed E-state index contributed by atoms with van der Waals surface area (Å²) >= 11 is 0. The number of likely N-dealkylation sites (tertiary alicyclic amines) is 2. The van der Waals surface area contributed by atoms with Crippen molar-refractivity contribution in [3.8, 4) is 5.75 Å². The molecule has 1 amide bonds. The van der Waals surface area contributed by atoms with Gasteiger partial charge in [0, 0.05) is 43.3 Å². The number of amides is 1. The van der Waals surface area contributed by atoms with E-state index in [0.717, 1.165) is 54.7 Å². The Balaban J connectivity index is 1.10. The molecule has 1 aliphatic carbocycles. The van der Waals surface area contributed by atoms with E-state index in [2.05, 4.69) is 15.2 Å². The molecule has 1 aromatic carbocycles. The van der Waals surface area contributed by atoms with Gasteiger partial charge in [0.1, 0.15) is 5.75 Å². The van der Waals surface area contributed by atoms with E-state index in [0.29, 0.717) is 37.5 Å². The van der Waals surface area contributed by atoms with Crippen LogP contribution in [0.1, 0.15) is 19.3 Å². The molecule has 2 N–H and O–H groups in total. The highest BCUT2D eigenvalue weighted by molar-refractivity contribution is 6.03. The van der Waals surface area contributed by atoms with E-state index in [1.165, 1.54) is 0 Å². The first-order chi connectivity index (χ1) is 15.7. The minimum atomic E-state index is -4.11. The number of hydrogen-bond donors (Lipinski definition) is 2. The number of rotatable bonds is 7. The van der Waals surface area contributed by atoms with E-state index in [-0.39, 0.29) is 11.8 Å². The highest BCUT2D eigenvalue weighted by Gasteiger charge is 2.43. The van der Waals surface area contributed by atoms with Crippen LogP contribution in [0.3, 0.4) is 0 Å². The number of benzene rings is 1.